The standard InChI is InChI=1S/C23H36N2O6/c1-4-7-8-13-24(12-5-2)21(28)19-23-11-10-16(31-23)17(22(29)30-6-3)18(23)20(27)25(19)14-9-15-26/h5,16-19,26H,2,4,6-15H2,1,3H3/t16-,17+,18+,19-,23+/m0/s1. The number of fused-ring (bicyclic) bond motifs is 1. The van der Waals surface area contributed by atoms with Gasteiger partial charge in [0.2, 0.25) is 11.8 Å². The highest BCUT2D eigenvalue weighted by Crippen LogP contribution is 2.58. The van der Waals surface area contributed by atoms with Gasteiger partial charge in [-0.25, -0.2) is 0 Å². The molecule has 3 aliphatic rings. The molecule has 3 aliphatic heterocycles. The van der Waals surface area contributed by atoms with E-state index in [-0.39, 0.29) is 31.6 Å². The number of rotatable bonds is 12. The van der Waals surface area contributed by atoms with Crippen LogP contribution in [0.1, 0.15) is 52.4 Å². The third kappa shape index (κ3) is 4.12. The smallest absolute Gasteiger partial charge is 0.312 e. The first kappa shape index (κ1) is 23.7. The summed E-state index contributed by atoms with van der Waals surface area (Å²) in [7, 11) is 0. The Bertz CT molecular complexity index is 698. The van der Waals surface area contributed by atoms with Gasteiger partial charge in [-0.05, 0) is 32.6 Å². The molecule has 8 nitrogen and oxygen atoms in total. The van der Waals surface area contributed by atoms with Gasteiger partial charge in [0.05, 0.1) is 24.5 Å². The van der Waals surface area contributed by atoms with Gasteiger partial charge < -0.3 is 24.4 Å². The van der Waals surface area contributed by atoms with Gasteiger partial charge in [0.25, 0.3) is 0 Å². The van der Waals surface area contributed by atoms with Gasteiger partial charge in [0.1, 0.15) is 11.6 Å². The number of hydrogen-bond donors (Lipinski definition) is 1. The molecule has 31 heavy (non-hydrogen) atoms. The molecule has 3 rings (SSSR count). The Balaban J connectivity index is 1.94. The number of ether oxygens (including phenoxy) is 2. The zero-order valence-electron chi connectivity index (χ0n) is 18.8. The molecule has 0 aromatic rings. The van der Waals surface area contributed by atoms with Crippen LogP contribution in [0.4, 0.5) is 0 Å². The summed E-state index contributed by atoms with van der Waals surface area (Å²) in [6, 6.07) is -0.789. The van der Waals surface area contributed by atoms with Crippen LogP contribution in [0.3, 0.4) is 0 Å². The predicted molar refractivity (Wildman–Crippen MR) is 114 cm³/mol. The van der Waals surface area contributed by atoms with Gasteiger partial charge in [0.15, 0.2) is 0 Å². The maximum absolute atomic E-state index is 13.8. The molecule has 5 atom stereocenters. The van der Waals surface area contributed by atoms with Crippen molar-refractivity contribution in [1.29, 1.82) is 0 Å². The molecule has 3 fully saturated rings. The summed E-state index contributed by atoms with van der Waals surface area (Å²) in [5, 5.41) is 9.37. The Labute approximate surface area is 184 Å². The molecule has 0 saturated carbocycles. The lowest BCUT2D eigenvalue weighted by Gasteiger charge is -2.36. The molecule has 0 aliphatic carbocycles. The highest BCUT2D eigenvalue weighted by atomic mass is 16.6. The van der Waals surface area contributed by atoms with Crippen LogP contribution in [0.2, 0.25) is 0 Å². The van der Waals surface area contributed by atoms with E-state index in [9.17, 15) is 19.5 Å². The topological polar surface area (TPSA) is 96.4 Å². The normalized spacial score (nSPS) is 31.1. The minimum atomic E-state index is -1.00. The highest BCUT2D eigenvalue weighted by molar-refractivity contribution is 5.98. The maximum Gasteiger partial charge on any atom is 0.312 e. The summed E-state index contributed by atoms with van der Waals surface area (Å²) in [5.74, 6) is -2.20. The van der Waals surface area contributed by atoms with Gasteiger partial charge in [-0.3, -0.25) is 14.4 Å². The Morgan fingerprint density at radius 2 is 2.13 bits per heavy atom. The number of nitrogens with zero attached hydrogens (tertiary/aromatic N) is 2. The van der Waals surface area contributed by atoms with Gasteiger partial charge in [-0.2, -0.15) is 0 Å². The average Bonchev–Trinajstić information content (AvgIpc) is 3.39. The van der Waals surface area contributed by atoms with Gasteiger partial charge in [0, 0.05) is 26.2 Å². The zero-order chi connectivity index (χ0) is 22.6. The second kappa shape index (κ2) is 10.1. The van der Waals surface area contributed by atoms with E-state index in [0.29, 0.717) is 32.4 Å². The van der Waals surface area contributed by atoms with Gasteiger partial charge >= 0.3 is 5.97 Å². The van der Waals surface area contributed by atoms with Crippen LogP contribution in [0.25, 0.3) is 0 Å². The van der Waals surface area contributed by atoms with Crippen molar-refractivity contribution in [2.45, 2.75) is 70.1 Å². The molecule has 3 saturated heterocycles. The van der Waals surface area contributed by atoms with E-state index in [1.54, 1.807) is 22.8 Å². The Hall–Kier alpha value is -1.93. The van der Waals surface area contributed by atoms with Gasteiger partial charge in [-0.1, -0.05) is 25.8 Å². The number of esters is 1. The predicted octanol–water partition coefficient (Wildman–Crippen LogP) is 1.51. The zero-order valence-corrected chi connectivity index (χ0v) is 18.8. The van der Waals surface area contributed by atoms with E-state index in [1.165, 1.54) is 0 Å². The monoisotopic (exact) mass is 436 g/mol. The Morgan fingerprint density at radius 3 is 2.77 bits per heavy atom. The largest absolute Gasteiger partial charge is 0.466 e. The molecule has 8 heteroatoms. The molecule has 1 N–H and O–H groups in total. The maximum atomic E-state index is 13.8. The van der Waals surface area contributed by atoms with Crippen molar-refractivity contribution in [3.63, 3.8) is 0 Å². The SMILES string of the molecule is C=CCN(CCCCC)C(=O)[C@@H]1N(CCCO)C(=O)[C@H]2[C@H](C(=O)OCC)[C@@H]3CC[C@]12O3. The molecule has 0 aromatic carbocycles. The molecule has 0 unspecified atom stereocenters. The van der Waals surface area contributed by atoms with Crippen LogP contribution in [-0.4, -0.2) is 83.3 Å². The van der Waals surface area contributed by atoms with Crippen molar-refractivity contribution in [2.75, 3.05) is 32.8 Å². The summed E-state index contributed by atoms with van der Waals surface area (Å²) >= 11 is 0. The van der Waals surface area contributed by atoms with Crippen molar-refractivity contribution in [3.05, 3.63) is 12.7 Å². The van der Waals surface area contributed by atoms with Crippen LogP contribution >= 0.6 is 0 Å². The number of hydrogen-bond acceptors (Lipinski definition) is 6. The first-order valence-corrected chi connectivity index (χ1v) is 11.6. The van der Waals surface area contributed by atoms with E-state index in [4.69, 9.17) is 9.47 Å². The minimum Gasteiger partial charge on any atom is -0.466 e. The Kier molecular flexibility index (Phi) is 7.75. The second-order valence-electron chi connectivity index (χ2n) is 8.70. The highest BCUT2D eigenvalue weighted by Gasteiger charge is 2.74. The van der Waals surface area contributed by atoms with E-state index in [1.807, 2.05) is 0 Å². The number of aliphatic hydroxyl groups is 1. The van der Waals surface area contributed by atoms with E-state index >= 15 is 0 Å². The van der Waals surface area contributed by atoms with Crippen molar-refractivity contribution in [3.8, 4) is 0 Å². The van der Waals surface area contributed by atoms with Crippen LogP contribution in [0, 0.1) is 11.8 Å². The summed E-state index contributed by atoms with van der Waals surface area (Å²) in [5.41, 5.74) is -1.00. The molecule has 3 heterocycles. The molecule has 2 amide bonds. The third-order valence-corrected chi connectivity index (χ3v) is 6.84. The first-order valence-electron chi connectivity index (χ1n) is 11.6. The fourth-order valence-corrected chi connectivity index (χ4v) is 5.59. The lowest BCUT2D eigenvalue weighted by atomic mass is 9.70. The number of carbonyl (C=O) groups excluding carboxylic acids is 3. The molecule has 2 bridgehead atoms. The number of unbranched alkanes of at least 4 members (excludes halogenated alkanes) is 2. The van der Waals surface area contributed by atoms with Gasteiger partial charge in [-0.15, -0.1) is 6.58 Å². The van der Waals surface area contributed by atoms with Crippen molar-refractivity contribution in [2.24, 2.45) is 11.8 Å². The first-order chi connectivity index (χ1) is 15.0. The fraction of sp³-hybridized carbons (Fsp3) is 0.783. The molecule has 0 radical (unpaired) electrons. The number of carbonyl (C=O) groups is 3. The van der Waals surface area contributed by atoms with Crippen LogP contribution < -0.4 is 0 Å². The van der Waals surface area contributed by atoms with E-state index in [2.05, 4.69) is 13.5 Å². The van der Waals surface area contributed by atoms with Crippen molar-refractivity contribution < 1.29 is 29.0 Å². The summed E-state index contributed by atoms with van der Waals surface area (Å²) in [4.78, 5) is 43.3. The molecule has 1 spiro atoms. The number of likely N-dealkylation sites (tertiary alicyclic amines) is 1. The molecule has 0 aromatic heterocycles. The minimum absolute atomic E-state index is 0.0833. The fourth-order valence-electron chi connectivity index (χ4n) is 5.59. The third-order valence-electron chi connectivity index (χ3n) is 6.84. The van der Waals surface area contributed by atoms with E-state index in [0.717, 1.165) is 19.3 Å². The summed E-state index contributed by atoms with van der Waals surface area (Å²) in [6.45, 7) is 9.02. The molecular formula is C23H36N2O6. The molecule has 174 valence electrons. The quantitative estimate of drug-likeness (QED) is 0.283. The van der Waals surface area contributed by atoms with Crippen molar-refractivity contribution in [1.82, 2.24) is 9.80 Å². The Morgan fingerprint density at radius 1 is 1.35 bits per heavy atom. The summed E-state index contributed by atoms with van der Waals surface area (Å²) in [6.07, 6.45) is 5.78. The average molecular weight is 437 g/mol. The number of aliphatic hydroxyl groups excluding tert-OH is 1. The van der Waals surface area contributed by atoms with E-state index < -0.39 is 35.6 Å². The lowest BCUT2D eigenvalue weighted by Crippen LogP contribution is -2.56. The molecular weight excluding hydrogens is 400 g/mol. The second-order valence-corrected chi connectivity index (χ2v) is 8.70. The summed E-state index contributed by atoms with van der Waals surface area (Å²) < 4.78 is 11.6. The van der Waals surface area contributed by atoms with Crippen LogP contribution in [-0.2, 0) is 23.9 Å². The number of amides is 2. The van der Waals surface area contributed by atoms with Crippen molar-refractivity contribution >= 4 is 17.8 Å². The van der Waals surface area contributed by atoms with Crippen LogP contribution in [0.15, 0.2) is 12.7 Å². The lowest BCUT2D eigenvalue weighted by molar-refractivity contribution is -0.155. The van der Waals surface area contributed by atoms with Crippen LogP contribution in [0.5, 0.6) is 0 Å².